The number of nitrogen functional groups attached to an aromatic ring is 1. The number of amides is 1. The Morgan fingerprint density at radius 2 is 1.88 bits per heavy atom. The molecule has 4 aromatic heterocycles. The van der Waals surface area contributed by atoms with Gasteiger partial charge in [0.25, 0.3) is 0 Å². The predicted molar refractivity (Wildman–Crippen MR) is 156 cm³/mol. The molecule has 0 bridgehead atoms. The summed E-state index contributed by atoms with van der Waals surface area (Å²) in [6.07, 6.45) is 7.79. The van der Waals surface area contributed by atoms with E-state index in [2.05, 4.69) is 51.0 Å². The molecule has 10 heteroatoms. The van der Waals surface area contributed by atoms with E-state index in [-0.39, 0.29) is 11.9 Å². The summed E-state index contributed by atoms with van der Waals surface area (Å²) in [5.41, 5.74) is 12.4. The largest absolute Gasteiger partial charge is 0.383 e. The van der Waals surface area contributed by atoms with Gasteiger partial charge in [0, 0.05) is 43.6 Å². The summed E-state index contributed by atoms with van der Waals surface area (Å²) >= 11 is 0. The van der Waals surface area contributed by atoms with E-state index in [1.807, 2.05) is 18.3 Å². The Labute approximate surface area is 236 Å². The van der Waals surface area contributed by atoms with Gasteiger partial charge in [0.05, 0.1) is 23.1 Å². The molecule has 1 saturated heterocycles. The van der Waals surface area contributed by atoms with Gasteiger partial charge in [0.1, 0.15) is 17.3 Å². The Balaban J connectivity index is 1.32. The van der Waals surface area contributed by atoms with Gasteiger partial charge in [-0.05, 0) is 60.4 Å². The summed E-state index contributed by atoms with van der Waals surface area (Å²) < 4.78 is 15.2. The van der Waals surface area contributed by atoms with Gasteiger partial charge >= 0.3 is 0 Å². The van der Waals surface area contributed by atoms with Crippen molar-refractivity contribution in [2.75, 3.05) is 18.8 Å². The standard InChI is InChI=1S/C31H29FN8O/c1-2-27(41)36-23-11-15-39(16-12-23)19-20-5-7-21(8-6-20)28-29(24-4-3-14-34-30(24)33)38-40-17-13-26(37-31(28)40)25-10-9-22(32)18-35-25/h2-10,13-14,17-18,23H,1,11-12,15-16,19H2,(H2,33,34)(H,36,41). The van der Waals surface area contributed by atoms with Crippen molar-refractivity contribution in [1.82, 2.24) is 34.8 Å². The van der Waals surface area contributed by atoms with Crippen LogP contribution in [0, 0.1) is 5.82 Å². The molecule has 0 saturated carbocycles. The maximum Gasteiger partial charge on any atom is 0.243 e. The third-order valence-corrected chi connectivity index (χ3v) is 7.34. The molecule has 1 amide bonds. The van der Waals surface area contributed by atoms with Crippen molar-refractivity contribution in [1.29, 1.82) is 0 Å². The zero-order valence-corrected chi connectivity index (χ0v) is 22.4. The molecule has 1 aliphatic rings. The van der Waals surface area contributed by atoms with Crippen LogP contribution in [-0.2, 0) is 11.3 Å². The monoisotopic (exact) mass is 548 g/mol. The number of nitrogens with two attached hydrogens (primary N) is 1. The van der Waals surface area contributed by atoms with Crippen molar-refractivity contribution in [2.24, 2.45) is 0 Å². The molecule has 3 N–H and O–H groups in total. The van der Waals surface area contributed by atoms with Crippen molar-refractivity contribution in [2.45, 2.75) is 25.4 Å². The van der Waals surface area contributed by atoms with Crippen molar-refractivity contribution < 1.29 is 9.18 Å². The van der Waals surface area contributed by atoms with Crippen LogP contribution in [0.1, 0.15) is 18.4 Å². The van der Waals surface area contributed by atoms with Gasteiger partial charge in [-0.3, -0.25) is 14.7 Å². The lowest BCUT2D eigenvalue weighted by Crippen LogP contribution is -2.43. The van der Waals surface area contributed by atoms with E-state index in [0.29, 0.717) is 34.1 Å². The fourth-order valence-corrected chi connectivity index (χ4v) is 5.20. The lowest BCUT2D eigenvalue weighted by molar-refractivity contribution is -0.117. The topological polar surface area (TPSA) is 114 Å². The van der Waals surface area contributed by atoms with Gasteiger partial charge in [-0.1, -0.05) is 30.8 Å². The van der Waals surface area contributed by atoms with E-state index < -0.39 is 5.82 Å². The highest BCUT2D eigenvalue weighted by atomic mass is 19.1. The number of nitrogens with one attached hydrogen (secondary N) is 1. The molecule has 1 aliphatic heterocycles. The highest BCUT2D eigenvalue weighted by Crippen LogP contribution is 2.37. The van der Waals surface area contributed by atoms with Crippen LogP contribution in [-0.4, -0.2) is 54.5 Å². The van der Waals surface area contributed by atoms with E-state index in [0.717, 1.165) is 43.6 Å². The minimum atomic E-state index is -0.405. The number of benzene rings is 1. The average molecular weight is 549 g/mol. The number of anilines is 1. The quantitative estimate of drug-likeness (QED) is 0.288. The first kappa shape index (κ1) is 26.3. The number of fused-ring (bicyclic) bond motifs is 1. The smallest absolute Gasteiger partial charge is 0.243 e. The van der Waals surface area contributed by atoms with Crippen molar-refractivity contribution in [3.05, 3.63) is 97.2 Å². The van der Waals surface area contributed by atoms with E-state index >= 15 is 0 Å². The number of halogens is 1. The molecule has 206 valence electrons. The van der Waals surface area contributed by atoms with Crippen molar-refractivity contribution in [3.63, 3.8) is 0 Å². The molecular weight excluding hydrogens is 519 g/mol. The van der Waals surface area contributed by atoms with Crippen LogP contribution in [0.2, 0.25) is 0 Å². The summed E-state index contributed by atoms with van der Waals surface area (Å²) in [5.74, 6) is -0.144. The molecule has 6 rings (SSSR count). The van der Waals surface area contributed by atoms with E-state index in [1.165, 1.54) is 23.9 Å². The molecule has 9 nitrogen and oxygen atoms in total. The Hall–Kier alpha value is -4.96. The number of likely N-dealkylation sites (tertiary alicyclic amines) is 1. The molecule has 5 heterocycles. The molecule has 0 aliphatic carbocycles. The molecule has 0 unspecified atom stereocenters. The third-order valence-electron chi connectivity index (χ3n) is 7.34. The summed E-state index contributed by atoms with van der Waals surface area (Å²) in [7, 11) is 0. The van der Waals surface area contributed by atoms with Crippen molar-refractivity contribution >= 4 is 17.4 Å². The number of carbonyl (C=O) groups is 1. The summed E-state index contributed by atoms with van der Waals surface area (Å²) in [6, 6.07) is 17.1. The second-order valence-corrected chi connectivity index (χ2v) is 10.1. The first-order valence-electron chi connectivity index (χ1n) is 13.5. The first-order chi connectivity index (χ1) is 20.0. The maximum atomic E-state index is 13.5. The van der Waals surface area contributed by atoms with Crippen LogP contribution in [0.4, 0.5) is 10.2 Å². The Bertz CT molecular complexity index is 1710. The normalized spacial score (nSPS) is 14.3. The van der Waals surface area contributed by atoms with Crippen LogP contribution in [0.5, 0.6) is 0 Å². The summed E-state index contributed by atoms with van der Waals surface area (Å²) in [6.45, 7) is 6.17. The molecule has 0 atom stereocenters. The predicted octanol–water partition coefficient (Wildman–Crippen LogP) is 4.51. The molecule has 1 aromatic carbocycles. The second-order valence-electron chi connectivity index (χ2n) is 10.1. The Morgan fingerprint density at radius 3 is 2.59 bits per heavy atom. The maximum absolute atomic E-state index is 13.5. The second kappa shape index (κ2) is 11.3. The molecular formula is C31H29FN8O. The number of piperidine rings is 1. The van der Waals surface area contributed by atoms with Gasteiger partial charge < -0.3 is 11.1 Å². The fourth-order valence-electron chi connectivity index (χ4n) is 5.20. The van der Waals surface area contributed by atoms with E-state index in [4.69, 9.17) is 15.8 Å². The van der Waals surface area contributed by atoms with Crippen LogP contribution in [0.3, 0.4) is 0 Å². The number of nitrogens with zero attached hydrogens (tertiary/aromatic N) is 6. The van der Waals surface area contributed by atoms with Crippen LogP contribution < -0.4 is 11.1 Å². The highest BCUT2D eigenvalue weighted by Gasteiger charge is 2.22. The Morgan fingerprint density at radius 1 is 1.07 bits per heavy atom. The lowest BCUT2D eigenvalue weighted by atomic mass is 9.99. The molecule has 1 fully saturated rings. The van der Waals surface area contributed by atoms with Gasteiger partial charge in [0.15, 0.2) is 5.65 Å². The van der Waals surface area contributed by atoms with Crippen LogP contribution in [0.15, 0.2) is 85.8 Å². The number of hydrogen-bond donors (Lipinski definition) is 2. The SMILES string of the molecule is C=CC(=O)NC1CCN(Cc2ccc(-c3c(-c4cccnc4N)nn4ccc(-c5ccc(F)cn5)nc34)cc2)CC1. The number of carbonyl (C=O) groups excluding carboxylic acids is 1. The van der Waals surface area contributed by atoms with Crippen LogP contribution in [0.25, 0.3) is 39.4 Å². The molecule has 0 radical (unpaired) electrons. The van der Waals surface area contributed by atoms with Gasteiger partial charge in [-0.15, -0.1) is 0 Å². The minimum Gasteiger partial charge on any atom is -0.383 e. The van der Waals surface area contributed by atoms with Gasteiger partial charge in [0.2, 0.25) is 5.91 Å². The van der Waals surface area contributed by atoms with E-state index in [1.54, 1.807) is 22.8 Å². The van der Waals surface area contributed by atoms with E-state index in [9.17, 15) is 9.18 Å². The zero-order valence-electron chi connectivity index (χ0n) is 22.4. The van der Waals surface area contributed by atoms with Gasteiger partial charge in [-0.25, -0.2) is 18.9 Å². The zero-order chi connectivity index (χ0) is 28.3. The number of rotatable bonds is 7. The third kappa shape index (κ3) is 5.55. The minimum absolute atomic E-state index is 0.116. The molecule has 41 heavy (non-hydrogen) atoms. The Kier molecular flexibility index (Phi) is 7.22. The fraction of sp³-hybridized carbons (Fsp3) is 0.194. The average Bonchev–Trinajstić information content (AvgIpc) is 3.37. The van der Waals surface area contributed by atoms with Gasteiger partial charge in [-0.2, -0.15) is 5.10 Å². The van der Waals surface area contributed by atoms with Crippen molar-refractivity contribution in [3.8, 4) is 33.8 Å². The highest BCUT2D eigenvalue weighted by molar-refractivity contribution is 5.93. The lowest BCUT2D eigenvalue weighted by Gasteiger charge is -2.32. The number of hydrogen-bond acceptors (Lipinski definition) is 7. The number of pyridine rings is 2. The first-order valence-corrected chi connectivity index (χ1v) is 13.5. The number of aromatic nitrogens is 5. The van der Waals surface area contributed by atoms with Crippen LogP contribution >= 0.6 is 0 Å². The molecule has 0 spiro atoms. The molecule has 5 aromatic rings. The summed E-state index contributed by atoms with van der Waals surface area (Å²) in [5, 5.41) is 7.83. The summed E-state index contributed by atoms with van der Waals surface area (Å²) in [4.78, 5) is 27.4.